The highest BCUT2D eigenvalue weighted by Crippen LogP contribution is 2.48. The first-order valence-electron chi connectivity index (χ1n) is 17.0. The predicted molar refractivity (Wildman–Crippen MR) is 192 cm³/mol. The van der Waals surface area contributed by atoms with E-state index >= 15 is 0 Å². The topological polar surface area (TPSA) is 71.5 Å². The number of hydrogen-bond acceptors (Lipinski definition) is 7. The van der Waals surface area contributed by atoms with Gasteiger partial charge in [0.15, 0.2) is 0 Å². The molecule has 0 saturated heterocycles. The van der Waals surface area contributed by atoms with Crippen LogP contribution in [0.25, 0.3) is 22.3 Å². The average molecular weight is 687 g/mol. The number of hydrogen-bond donors (Lipinski definition) is 1. The zero-order chi connectivity index (χ0) is 36.1. The molecule has 9 heteroatoms. The molecular weight excluding hydrogens is 638 g/mol. The van der Waals surface area contributed by atoms with Crippen molar-refractivity contribution < 1.29 is 32.9 Å². The molecule has 2 atom stereocenters. The van der Waals surface area contributed by atoms with Gasteiger partial charge in [0.2, 0.25) is 0 Å². The smallest absolute Gasteiger partial charge is 0.337 e. The lowest BCUT2D eigenvalue weighted by Crippen LogP contribution is -2.23. The zero-order valence-electron chi connectivity index (χ0n) is 30.0. The van der Waals surface area contributed by atoms with Crippen molar-refractivity contribution in [2.75, 3.05) is 49.5 Å². The van der Waals surface area contributed by atoms with Gasteiger partial charge in [-0.15, -0.1) is 0 Å². The summed E-state index contributed by atoms with van der Waals surface area (Å²) in [5, 5.41) is 9.53. The average Bonchev–Trinajstić information content (AvgIpc) is 4.06. The summed E-state index contributed by atoms with van der Waals surface area (Å²) in [5.41, 5.74) is 6.00. The second kappa shape index (κ2) is 16.1. The molecule has 6 rings (SSSR count). The largest absolute Gasteiger partial charge is 0.497 e. The number of methoxy groups -OCH3 is 3. The van der Waals surface area contributed by atoms with Gasteiger partial charge in [-0.05, 0) is 142 Å². The van der Waals surface area contributed by atoms with Crippen molar-refractivity contribution in [1.82, 2.24) is 9.80 Å². The van der Waals surface area contributed by atoms with Gasteiger partial charge in [0.25, 0.3) is 0 Å². The Labute approximate surface area is 294 Å². The molecule has 0 heterocycles. The van der Waals surface area contributed by atoms with Gasteiger partial charge in [0.1, 0.15) is 23.1 Å². The molecule has 2 fully saturated rings. The Kier molecular flexibility index (Phi) is 11.9. The van der Waals surface area contributed by atoms with Gasteiger partial charge in [-0.2, -0.15) is 0 Å². The highest BCUT2D eigenvalue weighted by molar-refractivity contribution is 5.90. The molecule has 50 heavy (non-hydrogen) atoms. The monoisotopic (exact) mass is 686 g/mol. The van der Waals surface area contributed by atoms with Crippen LogP contribution in [0.1, 0.15) is 64.8 Å². The summed E-state index contributed by atoms with van der Waals surface area (Å²) < 4.78 is 44.5. The lowest BCUT2D eigenvalue weighted by molar-refractivity contribution is 0.0600. The van der Waals surface area contributed by atoms with E-state index in [0.717, 1.165) is 40.7 Å². The van der Waals surface area contributed by atoms with Crippen molar-refractivity contribution in [3.8, 4) is 33.8 Å². The number of ether oxygens (including phenoxy) is 3. The van der Waals surface area contributed by atoms with Gasteiger partial charge in [-0.25, -0.2) is 13.6 Å². The Morgan fingerprint density at radius 1 is 0.680 bits per heavy atom. The maximum absolute atomic E-state index is 14.6. The van der Waals surface area contributed by atoms with E-state index < -0.39 is 5.97 Å². The number of rotatable bonds is 12. The summed E-state index contributed by atoms with van der Waals surface area (Å²) in [5.74, 6) is 1.35. The predicted octanol–water partition coefficient (Wildman–Crippen LogP) is 8.31. The van der Waals surface area contributed by atoms with Gasteiger partial charge < -0.3 is 29.1 Å². The van der Waals surface area contributed by atoms with Crippen LogP contribution in [0.5, 0.6) is 11.5 Å². The molecule has 0 spiro atoms. The minimum atomic E-state index is -0.391. The van der Waals surface area contributed by atoms with Gasteiger partial charge in [0, 0.05) is 23.2 Å². The van der Waals surface area contributed by atoms with Crippen LogP contribution in [0.2, 0.25) is 0 Å². The number of nitrogens with zero attached hydrogens (tertiary/aromatic N) is 2. The van der Waals surface area contributed by atoms with Crippen LogP contribution < -0.4 is 9.47 Å². The molecule has 7 nitrogen and oxygen atoms in total. The third-order valence-corrected chi connectivity index (χ3v) is 9.59. The fourth-order valence-electron chi connectivity index (χ4n) is 6.90. The van der Waals surface area contributed by atoms with Crippen LogP contribution in [-0.2, 0) is 11.3 Å². The van der Waals surface area contributed by atoms with Gasteiger partial charge >= 0.3 is 5.97 Å². The molecule has 2 unspecified atom stereocenters. The number of esters is 1. The minimum absolute atomic E-state index is 0.0152. The van der Waals surface area contributed by atoms with Gasteiger partial charge in [-0.1, -0.05) is 24.3 Å². The molecule has 0 aromatic heterocycles. The van der Waals surface area contributed by atoms with E-state index in [0.29, 0.717) is 40.0 Å². The number of carbonyl (C=O) groups excluding carboxylic acids is 1. The lowest BCUT2D eigenvalue weighted by Gasteiger charge is -2.28. The Balaban J connectivity index is 0.000000195. The molecule has 2 aliphatic carbocycles. The van der Waals surface area contributed by atoms with Crippen molar-refractivity contribution >= 4 is 5.97 Å². The first-order chi connectivity index (χ1) is 24.0. The highest BCUT2D eigenvalue weighted by Gasteiger charge is 2.37. The SMILES string of the molecule is COC(=O)c1ccc(-c2cc(OC)ccc2F)c(C(C2CC2)N(C)C)c1.COc1ccc(F)c(-c2ccc(CO)cc2C(C2CC2)N(C)C)c1. The summed E-state index contributed by atoms with van der Waals surface area (Å²) in [4.78, 5) is 16.4. The molecule has 0 aliphatic heterocycles. The molecule has 0 amide bonds. The standard InChI is InChI=1S/C21H24FNO3.C20H24FNO2/c1-23(2)20(13-5-6-13)18-11-14(21(24)26-4)7-9-16(18)17-12-15(25-3)8-10-19(17)22;1-22(2)20(14-5-6-14)18-10-13(12-23)4-8-16(18)17-11-15(24-3)7-9-19(17)21/h7-13,20H,5-6H2,1-4H3;4,7-11,14,20,23H,5-6,12H2,1-3H3. The number of aliphatic hydroxyl groups excluding tert-OH is 1. The molecule has 2 aliphatic rings. The Bertz CT molecular complexity index is 1800. The van der Waals surface area contributed by atoms with E-state index in [1.54, 1.807) is 50.6 Å². The van der Waals surface area contributed by atoms with E-state index in [-0.39, 0.29) is 30.3 Å². The minimum Gasteiger partial charge on any atom is -0.497 e. The third-order valence-electron chi connectivity index (χ3n) is 9.59. The second-order valence-corrected chi connectivity index (χ2v) is 13.6. The summed E-state index contributed by atoms with van der Waals surface area (Å²) in [6.07, 6.45) is 4.63. The molecule has 2 saturated carbocycles. The maximum atomic E-state index is 14.6. The molecule has 266 valence electrons. The first kappa shape index (κ1) is 37.0. The van der Waals surface area contributed by atoms with Crippen molar-refractivity contribution in [1.29, 1.82) is 0 Å². The number of benzene rings is 4. The Morgan fingerprint density at radius 3 is 1.54 bits per heavy atom. The molecule has 0 bridgehead atoms. The molecule has 1 N–H and O–H groups in total. The number of aliphatic hydroxyl groups is 1. The lowest BCUT2D eigenvalue weighted by atomic mass is 9.90. The number of carbonyl (C=O) groups is 1. The van der Waals surface area contributed by atoms with Crippen LogP contribution in [0, 0.1) is 23.5 Å². The van der Waals surface area contributed by atoms with Crippen LogP contribution in [-0.4, -0.2) is 70.4 Å². The third kappa shape index (κ3) is 8.34. The highest BCUT2D eigenvalue weighted by atomic mass is 19.1. The van der Waals surface area contributed by atoms with Gasteiger partial charge in [0.05, 0.1) is 33.5 Å². The quantitative estimate of drug-likeness (QED) is 0.150. The molecule has 4 aromatic rings. The van der Waals surface area contributed by atoms with E-state index in [2.05, 4.69) is 23.9 Å². The normalized spacial score (nSPS) is 15.3. The summed E-state index contributed by atoms with van der Waals surface area (Å²) in [7, 11) is 12.6. The maximum Gasteiger partial charge on any atom is 0.337 e. The van der Waals surface area contributed by atoms with Crippen LogP contribution in [0.4, 0.5) is 8.78 Å². The summed E-state index contributed by atoms with van der Waals surface area (Å²) >= 11 is 0. The number of halogens is 2. The fourth-order valence-corrected chi connectivity index (χ4v) is 6.90. The summed E-state index contributed by atoms with van der Waals surface area (Å²) in [6, 6.07) is 21.0. The van der Waals surface area contributed by atoms with Crippen molar-refractivity contribution in [3.05, 3.63) is 107 Å². The van der Waals surface area contributed by atoms with E-state index in [1.165, 1.54) is 32.1 Å². The Morgan fingerprint density at radius 2 is 1.14 bits per heavy atom. The molecule has 0 radical (unpaired) electrons. The van der Waals surface area contributed by atoms with E-state index in [9.17, 15) is 18.7 Å². The first-order valence-corrected chi connectivity index (χ1v) is 17.0. The van der Waals surface area contributed by atoms with E-state index in [1.807, 2.05) is 38.4 Å². The molecule has 4 aromatic carbocycles. The summed E-state index contributed by atoms with van der Waals surface area (Å²) in [6.45, 7) is -0.0152. The van der Waals surface area contributed by atoms with Crippen molar-refractivity contribution in [3.63, 3.8) is 0 Å². The van der Waals surface area contributed by atoms with Crippen molar-refractivity contribution in [2.45, 2.75) is 44.4 Å². The van der Waals surface area contributed by atoms with Crippen LogP contribution in [0.3, 0.4) is 0 Å². The van der Waals surface area contributed by atoms with Crippen LogP contribution in [0.15, 0.2) is 72.8 Å². The van der Waals surface area contributed by atoms with Gasteiger partial charge in [-0.3, -0.25) is 0 Å². The fraction of sp³-hybridized carbons (Fsp3) is 0.390. The molecular formula is C41H48F2N2O5. The Hall–Kier alpha value is -4.31. The zero-order valence-corrected chi connectivity index (χ0v) is 30.0. The second-order valence-electron chi connectivity index (χ2n) is 13.6. The van der Waals surface area contributed by atoms with Crippen molar-refractivity contribution in [2.24, 2.45) is 11.8 Å². The van der Waals surface area contributed by atoms with Crippen LogP contribution >= 0.6 is 0 Å². The van der Waals surface area contributed by atoms with E-state index in [4.69, 9.17) is 14.2 Å².